The number of carboxylic acids is 1. The molecule has 2 N–H and O–H groups in total. The predicted octanol–water partition coefficient (Wildman–Crippen LogP) is 5.34. The fraction of sp³-hybridized carbons (Fsp3) is 0.348. The summed E-state index contributed by atoms with van der Waals surface area (Å²) in [5.74, 6) is -1.63. The molecular formula is C23H24N2O4S2. The molecule has 3 aromatic rings. The number of rotatable bonds is 7. The molecule has 162 valence electrons. The van der Waals surface area contributed by atoms with Gasteiger partial charge in [0.1, 0.15) is 6.10 Å². The Kier molecular flexibility index (Phi) is 7.21. The molecule has 1 amide bonds. The molecule has 0 radical (unpaired) electrons. The van der Waals surface area contributed by atoms with E-state index in [-0.39, 0.29) is 12.0 Å². The Labute approximate surface area is 189 Å². The van der Waals surface area contributed by atoms with Crippen LogP contribution in [0.25, 0.3) is 10.2 Å². The van der Waals surface area contributed by atoms with Gasteiger partial charge in [0, 0.05) is 5.75 Å². The van der Waals surface area contributed by atoms with Crippen LogP contribution in [0.15, 0.2) is 52.9 Å². The molecule has 4 rings (SSSR count). The summed E-state index contributed by atoms with van der Waals surface area (Å²) in [5.41, 5.74) is 5.25. The topological polar surface area (TPSA) is 88.5 Å². The highest BCUT2D eigenvalue weighted by Crippen LogP contribution is 2.37. The zero-order valence-corrected chi connectivity index (χ0v) is 18.6. The first-order valence-corrected chi connectivity index (χ1v) is 12.2. The van der Waals surface area contributed by atoms with E-state index in [2.05, 4.69) is 28.7 Å². The number of benzene rings is 2. The van der Waals surface area contributed by atoms with E-state index in [0.717, 1.165) is 46.9 Å². The zero-order chi connectivity index (χ0) is 21.6. The Morgan fingerprint density at radius 2 is 1.87 bits per heavy atom. The lowest BCUT2D eigenvalue weighted by Crippen LogP contribution is -2.34. The van der Waals surface area contributed by atoms with Crippen LogP contribution in [-0.4, -0.2) is 22.0 Å². The lowest BCUT2D eigenvalue weighted by atomic mass is 9.82. The molecule has 1 unspecified atom stereocenters. The van der Waals surface area contributed by atoms with Crippen molar-refractivity contribution in [3.8, 4) is 0 Å². The number of aromatic nitrogens is 1. The van der Waals surface area contributed by atoms with Crippen molar-refractivity contribution < 1.29 is 19.5 Å². The van der Waals surface area contributed by atoms with Gasteiger partial charge in [-0.2, -0.15) is 0 Å². The van der Waals surface area contributed by atoms with Gasteiger partial charge in [0.15, 0.2) is 4.34 Å². The molecule has 1 aliphatic carbocycles. The van der Waals surface area contributed by atoms with Crippen LogP contribution < -0.4 is 5.48 Å². The molecule has 1 atom stereocenters. The summed E-state index contributed by atoms with van der Waals surface area (Å²) in [6.07, 6.45) is 5.09. The van der Waals surface area contributed by atoms with Gasteiger partial charge in [-0.25, -0.2) is 15.3 Å². The summed E-state index contributed by atoms with van der Waals surface area (Å²) in [5, 5.41) is 8.81. The maximum atomic E-state index is 11.5. The second-order valence-corrected chi connectivity index (χ2v) is 9.90. The number of para-hydroxylation sites is 1. The largest absolute Gasteiger partial charge is 0.474 e. The third-order valence-corrected chi connectivity index (χ3v) is 7.75. The van der Waals surface area contributed by atoms with Crippen molar-refractivity contribution in [2.75, 3.05) is 0 Å². The third kappa shape index (κ3) is 5.64. The van der Waals surface area contributed by atoms with Crippen LogP contribution in [-0.2, 0) is 20.2 Å². The molecule has 0 bridgehead atoms. The first-order chi connectivity index (χ1) is 15.1. The molecule has 1 aliphatic rings. The molecule has 0 aliphatic heterocycles. The molecule has 1 heterocycles. The Balaban J connectivity index is 1.42. The van der Waals surface area contributed by atoms with E-state index < -0.39 is 11.9 Å². The standard InChI is InChI=1S/C23H24N2O4S2/c26-21(22(27)28)25-29-20(16-6-2-1-3-7-16)17-12-10-15(11-13-17)14-30-23-24-18-8-4-5-9-19(18)31-23/h4-5,8-13,16,20H,1-3,6-7,14H2,(H,25,26)(H,27,28). The second kappa shape index (κ2) is 10.3. The van der Waals surface area contributed by atoms with E-state index >= 15 is 0 Å². The summed E-state index contributed by atoms with van der Waals surface area (Å²) in [6, 6.07) is 16.3. The van der Waals surface area contributed by atoms with Crippen LogP contribution in [0.1, 0.15) is 49.3 Å². The number of carboxylic acid groups (broad SMARTS) is 1. The molecule has 31 heavy (non-hydrogen) atoms. The maximum Gasteiger partial charge on any atom is 0.396 e. The first-order valence-electron chi connectivity index (χ1n) is 10.4. The lowest BCUT2D eigenvalue weighted by molar-refractivity contribution is -0.161. The molecule has 6 nitrogen and oxygen atoms in total. The van der Waals surface area contributed by atoms with E-state index in [9.17, 15) is 9.59 Å². The lowest BCUT2D eigenvalue weighted by Gasteiger charge is -2.30. The van der Waals surface area contributed by atoms with Crippen LogP contribution in [0.4, 0.5) is 0 Å². The SMILES string of the molecule is O=C(O)C(=O)NOC(c1ccc(CSc2nc3ccccc3s2)cc1)C1CCCCC1. The molecule has 0 saturated heterocycles. The van der Waals surface area contributed by atoms with Crippen LogP contribution in [0.3, 0.4) is 0 Å². The number of hydrogen-bond acceptors (Lipinski definition) is 6. The number of hydrogen-bond donors (Lipinski definition) is 2. The van der Waals surface area contributed by atoms with Crippen molar-refractivity contribution in [3.63, 3.8) is 0 Å². The summed E-state index contributed by atoms with van der Waals surface area (Å²) < 4.78 is 2.24. The van der Waals surface area contributed by atoms with Crippen LogP contribution in [0.5, 0.6) is 0 Å². The van der Waals surface area contributed by atoms with Gasteiger partial charge in [-0.05, 0) is 42.0 Å². The highest BCUT2D eigenvalue weighted by molar-refractivity contribution is 8.00. The molecule has 2 aromatic carbocycles. The van der Waals surface area contributed by atoms with Crippen LogP contribution in [0, 0.1) is 5.92 Å². The van der Waals surface area contributed by atoms with E-state index in [1.807, 2.05) is 30.3 Å². The molecule has 1 fully saturated rings. The Morgan fingerprint density at radius 3 is 2.58 bits per heavy atom. The molecule has 1 saturated carbocycles. The van der Waals surface area contributed by atoms with Gasteiger partial charge < -0.3 is 5.11 Å². The Morgan fingerprint density at radius 1 is 1.13 bits per heavy atom. The smallest absolute Gasteiger partial charge is 0.396 e. The third-order valence-electron chi connectivity index (χ3n) is 5.50. The van der Waals surface area contributed by atoms with Gasteiger partial charge in [0.2, 0.25) is 0 Å². The van der Waals surface area contributed by atoms with Crippen LogP contribution >= 0.6 is 23.1 Å². The Hall–Kier alpha value is -2.42. The summed E-state index contributed by atoms with van der Waals surface area (Å²) in [7, 11) is 0. The van der Waals surface area contributed by atoms with Gasteiger partial charge in [-0.15, -0.1) is 11.3 Å². The number of carbonyl (C=O) groups excluding carboxylic acids is 1. The van der Waals surface area contributed by atoms with Gasteiger partial charge in [-0.1, -0.05) is 67.4 Å². The summed E-state index contributed by atoms with van der Waals surface area (Å²) in [4.78, 5) is 32.5. The van der Waals surface area contributed by atoms with Gasteiger partial charge >= 0.3 is 11.9 Å². The average molecular weight is 457 g/mol. The summed E-state index contributed by atoms with van der Waals surface area (Å²) in [6.45, 7) is 0. The minimum atomic E-state index is -1.55. The van der Waals surface area contributed by atoms with E-state index in [1.54, 1.807) is 23.1 Å². The average Bonchev–Trinajstić information content (AvgIpc) is 3.22. The van der Waals surface area contributed by atoms with Crippen molar-refractivity contribution in [3.05, 3.63) is 59.7 Å². The molecular weight excluding hydrogens is 432 g/mol. The van der Waals surface area contributed by atoms with Crippen LogP contribution in [0.2, 0.25) is 0 Å². The number of nitrogens with zero attached hydrogens (tertiary/aromatic N) is 1. The highest BCUT2D eigenvalue weighted by Gasteiger charge is 2.27. The van der Waals surface area contributed by atoms with Gasteiger partial charge in [-0.3, -0.25) is 9.63 Å². The predicted molar refractivity (Wildman–Crippen MR) is 122 cm³/mol. The molecule has 8 heteroatoms. The Bertz CT molecular complexity index is 1010. The number of hydroxylamine groups is 1. The highest BCUT2D eigenvalue weighted by atomic mass is 32.2. The fourth-order valence-corrected chi connectivity index (χ4v) is 5.92. The van der Waals surface area contributed by atoms with Crippen molar-refractivity contribution in [2.45, 2.75) is 48.3 Å². The number of thioether (sulfide) groups is 1. The minimum absolute atomic E-state index is 0.255. The van der Waals surface area contributed by atoms with E-state index in [0.29, 0.717) is 0 Å². The number of nitrogens with one attached hydrogen (secondary N) is 1. The minimum Gasteiger partial charge on any atom is -0.474 e. The number of carbonyl (C=O) groups is 2. The van der Waals surface area contributed by atoms with Crippen molar-refractivity contribution in [1.82, 2.24) is 10.5 Å². The number of thiazole rings is 1. The maximum absolute atomic E-state index is 11.5. The monoisotopic (exact) mass is 456 g/mol. The van der Waals surface area contributed by atoms with Crippen molar-refractivity contribution in [2.24, 2.45) is 5.92 Å². The first kappa shape index (κ1) is 21.8. The van der Waals surface area contributed by atoms with Crippen molar-refractivity contribution >= 4 is 45.2 Å². The normalized spacial score (nSPS) is 15.6. The summed E-state index contributed by atoms with van der Waals surface area (Å²) >= 11 is 3.41. The van der Waals surface area contributed by atoms with Gasteiger partial charge in [0.05, 0.1) is 10.2 Å². The number of fused-ring (bicyclic) bond motifs is 1. The number of amides is 1. The van der Waals surface area contributed by atoms with E-state index in [4.69, 9.17) is 9.94 Å². The molecule has 0 spiro atoms. The molecule has 1 aromatic heterocycles. The zero-order valence-electron chi connectivity index (χ0n) is 17.0. The van der Waals surface area contributed by atoms with Gasteiger partial charge in [0.25, 0.3) is 0 Å². The van der Waals surface area contributed by atoms with E-state index in [1.165, 1.54) is 16.7 Å². The second-order valence-electron chi connectivity index (χ2n) is 7.65. The van der Waals surface area contributed by atoms with Crippen molar-refractivity contribution in [1.29, 1.82) is 0 Å². The quantitative estimate of drug-likeness (QED) is 0.283. The fourth-order valence-electron chi connectivity index (χ4n) is 3.90. The number of aliphatic carboxylic acids is 1.